The first-order valence-corrected chi connectivity index (χ1v) is 10.5. The van der Waals surface area contributed by atoms with E-state index < -0.39 is 9.84 Å². The minimum absolute atomic E-state index is 0.0310. The van der Waals surface area contributed by atoms with E-state index in [1.165, 1.54) is 0 Å². The van der Waals surface area contributed by atoms with E-state index in [9.17, 15) is 8.42 Å². The molecule has 2 aromatic heterocycles. The van der Waals surface area contributed by atoms with Gasteiger partial charge in [0.2, 0.25) is 0 Å². The Labute approximate surface area is 158 Å². The maximum atomic E-state index is 13.1. The van der Waals surface area contributed by atoms with Crippen molar-refractivity contribution >= 4 is 9.84 Å². The summed E-state index contributed by atoms with van der Waals surface area (Å²) in [6.45, 7) is 2.06. The van der Waals surface area contributed by atoms with Gasteiger partial charge in [-0.3, -0.25) is 14.6 Å². The van der Waals surface area contributed by atoms with E-state index in [1.807, 2.05) is 37.6 Å². The quantitative estimate of drug-likeness (QED) is 0.697. The highest BCUT2D eigenvalue weighted by Crippen LogP contribution is 2.46. The Morgan fingerprint density at radius 1 is 1.11 bits per heavy atom. The monoisotopic (exact) mass is 380 g/mol. The number of benzene rings is 1. The summed E-state index contributed by atoms with van der Waals surface area (Å²) in [5.74, 6) is 0.0310. The van der Waals surface area contributed by atoms with Crippen LogP contribution in [0, 0.1) is 0 Å². The molecule has 0 radical (unpaired) electrons. The lowest BCUT2D eigenvalue weighted by molar-refractivity contribution is 0.325. The highest BCUT2D eigenvalue weighted by molar-refractivity contribution is 7.92. The molecule has 0 bridgehead atoms. The Hall–Kier alpha value is -2.51. The van der Waals surface area contributed by atoms with Gasteiger partial charge < -0.3 is 0 Å². The molecule has 6 nitrogen and oxygen atoms in total. The normalized spacial score (nSPS) is 23.3. The fourth-order valence-corrected chi connectivity index (χ4v) is 6.59. The van der Waals surface area contributed by atoms with Crippen LogP contribution in [0.3, 0.4) is 0 Å². The van der Waals surface area contributed by atoms with Gasteiger partial charge in [-0.25, -0.2) is 8.42 Å². The van der Waals surface area contributed by atoms with E-state index in [2.05, 4.69) is 21.0 Å². The third-order valence-electron chi connectivity index (χ3n) is 5.63. The summed E-state index contributed by atoms with van der Waals surface area (Å²) in [6, 6.07) is 9.64. The predicted molar refractivity (Wildman–Crippen MR) is 102 cm³/mol. The molecule has 0 aliphatic carbocycles. The van der Waals surface area contributed by atoms with Crippen LogP contribution in [0.15, 0.2) is 60.0 Å². The standard InChI is InChI=1S/C20H20N4O2S/c1-23-10-14(9-22-23)11-24-12-18-17-8-16(15-4-6-21-7-5-15)2-3-19(17)27(25,26)20(18)13-24/h2-10,18,20H,11-13H2,1H3. The fourth-order valence-electron chi connectivity index (χ4n) is 4.39. The summed E-state index contributed by atoms with van der Waals surface area (Å²) < 4.78 is 27.9. The molecule has 1 saturated heterocycles. The second kappa shape index (κ2) is 6.00. The number of rotatable bonds is 3. The number of aryl methyl sites for hydroxylation is 1. The Kier molecular flexibility index (Phi) is 3.70. The van der Waals surface area contributed by atoms with Crippen LogP contribution in [-0.4, -0.2) is 46.4 Å². The van der Waals surface area contributed by atoms with E-state index in [4.69, 9.17) is 0 Å². The van der Waals surface area contributed by atoms with Crippen LogP contribution in [0.5, 0.6) is 0 Å². The van der Waals surface area contributed by atoms with Crippen molar-refractivity contribution in [2.75, 3.05) is 13.1 Å². The van der Waals surface area contributed by atoms with E-state index in [1.54, 1.807) is 23.1 Å². The highest BCUT2D eigenvalue weighted by atomic mass is 32.2. The fraction of sp³-hybridized carbons (Fsp3) is 0.300. The van der Waals surface area contributed by atoms with Crippen molar-refractivity contribution in [3.63, 3.8) is 0 Å². The van der Waals surface area contributed by atoms with Gasteiger partial charge in [0.25, 0.3) is 0 Å². The molecule has 0 amide bonds. The maximum Gasteiger partial charge on any atom is 0.183 e. The summed E-state index contributed by atoms with van der Waals surface area (Å²) in [5, 5.41) is 3.86. The molecule has 4 heterocycles. The molecule has 0 spiro atoms. The smallest absolute Gasteiger partial charge is 0.183 e. The predicted octanol–water partition coefficient (Wildman–Crippen LogP) is 2.24. The molecular formula is C20H20N4O2S. The van der Waals surface area contributed by atoms with Crippen LogP contribution >= 0.6 is 0 Å². The molecule has 3 aromatic rings. The highest BCUT2D eigenvalue weighted by Gasteiger charge is 2.50. The number of likely N-dealkylation sites (tertiary alicyclic amines) is 1. The van der Waals surface area contributed by atoms with Crippen LogP contribution in [0.25, 0.3) is 11.1 Å². The van der Waals surface area contributed by atoms with E-state index >= 15 is 0 Å². The summed E-state index contributed by atoms with van der Waals surface area (Å²) in [5.41, 5.74) is 4.17. The molecule has 2 unspecified atom stereocenters. The lowest BCUT2D eigenvalue weighted by Crippen LogP contribution is -2.25. The molecule has 2 atom stereocenters. The van der Waals surface area contributed by atoms with Crippen molar-refractivity contribution in [1.82, 2.24) is 19.7 Å². The second-order valence-corrected chi connectivity index (χ2v) is 9.53. The van der Waals surface area contributed by atoms with Crippen LogP contribution in [0.2, 0.25) is 0 Å². The lowest BCUT2D eigenvalue weighted by atomic mass is 9.95. The number of hydrogen-bond acceptors (Lipinski definition) is 5. The number of nitrogens with zero attached hydrogens (tertiary/aromatic N) is 4. The van der Waals surface area contributed by atoms with E-state index in [0.29, 0.717) is 11.4 Å². The number of pyridine rings is 1. The molecule has 2 aliphatic heterocycles. The third kappa shape index (κ3) is 2.69. The molecular weight excluding hydrogens is 360 g/mol. The van der Waals surface area contributed by atoms with Crippen LogP contribution in [0.4, 0.5) is 0 Å². The van der Waals surface area contributed by atoms with Gasteiger partial charge in [-0.1, -0.05) is 6.07 Å². The summed E-state index contributed by atoms with van der Waals surface area (Å²) in [6.07, 6.45) is 7.34. The number of fused-ring (bicyclic) bond motifs is 3. The van der Waals surface area contributed by atoms with Gasteiger partial charge in [-0.05, 0) is 41.0 Å². The SMILES string of the molecule is Cn1cc(CN2CC3c4cc(-c5ccncc5)ccc4S(=O)(=O)C3C2)cn1. The Morgan fingerprint density at radius 3 is 2.67 bits per heavy atom. The van der Waals surface area contributed by atoms with Crippen molar-refractivity contribution in [1.29, 1.82) is 0 Å². The van der Waals surface area contributed by atoms with Crippen molar-refractivity contribution in [3.8, 4) is 11.1 Å². The lowest BCUT2D eigenvalue weighted by Gasteiger charge is -2.16. The van der Waals surface area contributed by atoms with Crippen molar-refractivity contribution < 1.29 is 8.42 Å². The zero-order chi connectivity index (χ0) is 18.6. The molecule has 5 rings (SSSR count). The molecule has 27 heavy (non-hydrogen) atoms. The molecule has 0 saturated carbocycles. The Bertz CT molecular complexity index is 1110. The average molecular weight is 380 g/mol. The molecule has 2 aliphatic rings. The minimum Gasteiger partial charge on any atom is -0.297 e. The Balaban J connectivity index is 1.48. The van der Waals surface area contributed by atoms with Crippen molar-refractivity contribution in [3.05, 3.63) is 66.2 Å². The molecule has 1 aromatic carbocycles. The number of sulfone groups is 1. The van der Waals surface area contributed by atoms with Gasteiger partial charge in [0.05, 0.1) is 16.3 Å². The van der Waals surface area contributed by atoms with E-state index in [0.717, 1.165) is 35.3 Å². The average Bonchev–Trinajstić information content (AvgIpc) is 3.33. The van der Waals surface area contributed by atoms with Crippen molar-refractivity contribution in [2.45, 2.75) is 22.6 Å². The molecule has 1 fully saturated rings. The first kappa shape index (κ1) is 16.6. The van der Waals surface area contributed by atoms with Crippen molar-refractivity contribution in [2.24, 2.45) is 7.05 Å². The van der Waals surface area contributed by atoms with E-state index in [-0.39, 0.29) is 11.2 Å². The first-order chi connectivity index (χ1) is 13.0. The van der Waals surface area contributed by atoms with Gasteiger partial charge in [0, 0.05) is 56.8 Å². The summed E-state index contributed by atoms with van der Waals surface area (Å²) in [4.78, 5) is 6.80. The molecule has 138 valence electrons. The zero-order valence-electron chi connectivity index (χ0n) is 15.0. The van der Waals surface area contributed by atoms with Crippen LogP contribution < -0.4 is 0 Å². The van der Waals surface area contributed by atoms with Crippen LogP contribution in [-0.2, 0) is 23.4 Å². The summed E-state index contributed by atoms with van der Waals surface area (Å²) in [7, 11) is -1.38. The van der Waals surface area contributed by atoms with Gasteiger partial charge in [0.15, 0.2) is 9.84 Å². The van der Waals surface area contributed by atoms with Gasteiger partial charge >= 0.3 is 0 Å². The third-order valence-corrected chi connectivity index (χ3v) is 7.89. The van der Waals surface area contributed by atoms with Gasteiger partial charge in [-0.15, -0.1) is 0 Å². The van der Waals surface area contributed by atoms with Gasteiger partial charge in [0.1, 0.15) is 0 Å². The molecule has 7 heteroatoms. The maximum absolute atomic E-state index is 13.1. The largest absolute Gasteiger partial charge is 0.297 e. The topological polar surface area (TPSA) is 68.1 Å². The van der Waals surface area contributed by atoms with Gasteiger partial charge in [-0.2, -0.15) is 5.10 Å². The minimum atomic E-state index is -3.28. The number of aromatic nitrogens is 3. The first-order valence-electron chi connectivity index (χ1n) is 9.00. The van der Waals surface area contributed by atoms with Crippen LogP contribution in [0.1, 0.15) is 17.0 Å². The second-order valence-electron chi connectivity index (χ2n) is 7.39. The zero-order valence-corrected chi connectivity index (χ0v) is 15.8. The number of hydrogen-bond donors (Lipinski definition) is 0. The summed E-state index contributed by atoms with van der Waals surface area (Å²) >= 11 is 0. The Morgan fingerprint density at radius 2 is 1.93 bits per heavy atom. The molecule has 0 N–H and O–H groups in total.